The van der Waals surface area contributed by atoms with Crippen molar-refractivity contribution in [2.45, 2.75) is 0 Å². The molecule has 1 aromatic heterocycles. The van der Waals surface area contributed by atoms with Gasteiger partial charge in [-0.2, -0.15) is 5.10 Å². The van der Waals surface area contributed by atoms with Gasteiger partial charge in [-0.05, 0) is 6.07 Å². The van der Waals surface area contributed by atoms with Crippen LogP contribution in [0.4, 0.5) is 0 Å². The minimum atomic E-state index is -0.309. The maximum atomic E-state index is 12.5. The fourth-order valence-electron chi connectivity index (χ4n) is 1.98. The highest BCUT2D eigenvalue weighted by Gasteiger charge is 2.18. The van der Waals surface area contributed by atoms with Crippen molar-refractivity contribution in [2.24, 2.45) is 0 Å². The van der Waals surface area contributed by atoms with Gasteiger partial charge in [-0.25, -0.2) is 5.10 Å². The summed E-state index contributed by atoms with van der Waals surface area (Å²) in [7, 11) is 0. The molecule has 5 heteroatoms. The standard InChI is InChI=1S/C15H15N3O2/c1-3-9-18(10-4-2)15(20)13-11-7-5-6-8-12(11)14(19)17-16-13/h3-8H,1-2,9-10H2,(H,17,19). The van der Waals surface area contributed by atoms with E-state index in [1.165, 1.54) is 0 Å². The first-order chi connectivity index (χ1) is 9.69. The number of hydrogen-bond acceptors (Lipinski definition) is 3. The summed E-state index contributed by atoms with van der Waals surface area (Å²) in [6, 6.07) is 6.89. The molecule has 0 unspecified atom stereocenters. The molecule has 2 aromatic rings. The second kappa shape index (κ2) is 5.97. The van der Waals surface area contributed by atoms with Crippen molar-refractivity contribution in [1.82, 2.24) is 15.1 Å². The van der Waals surface area contributed by atoms with Gasteiger partial charge < -0.3 is 4.90 Å². The smallest absolute Gasteiger partial charge is 0.275 e. The molecule has 1 aromatic carbocycles. The number of carbonyl (C=O) groups excluding carboxylic acids is 1. The third kappa shape index (κ3) is 2.51. The summed E-state index contributed by atoms with van der Waals surface area (Å²) in [5.74, 6) is -0.266. The van der Waals surface area contributed by atoms with Crippen molar-refractivity contribution in [3.63, 3.8) is 0 Å². The number of nitrogens with zero attached hydrogens (tertiary/aromatic N) is 2. The van der Waals surface area contributed by atoms with Gasteiger partial charge in [0.15, 0.2) is 5.69 Å². The van der Waals surface area contributed by atoms with Gasteiger partial charge in [0.2, 0.25) is 0 Å². The summed E-state index contributed by atoms with van der Waals surface area (Å²) >= 11 is 0. The molecular weight excluding hydrogens is 254 g/mol. The zero-order chi connectivity index (χ0) is 14.5. The number of aromatic amines is 1. The van der Waals surface area contributed by atoms with Crippen LogP contribution in [0.3, 0.4) is 0 Å². The number of hydrogen-bond donors (Lipinski definition) is 1. The second-order valence-corrected chi connectivity index (χ2v) is 4.23. The lowest BCUT2D eigenvalue weighted by molar-refractivity contribution is 0.0786. The lowest BCUT2D eigenvalue weighted by atomic mass is 10.1. The average Bonchev–Trinajstić information content (AvgIpc) is 2.47. The molecule has 0 radical (unpaired) electrons. The minimum Gasteiger partial charge on any atom is -0.330 e. The van der Waals surface area contributed by atoms with Crippen LogP contribution in [0, 0.1) is 0 Å². The van der Waals surface area contributed by atoms with Crippen LogP contribution in [0.2, 0.25) is 0 Å². The molecule has 0 spiro atoms. The van der Waals surface area contributed by atoms with Gasteiger partial charge in [0, 0.05) is 18.5 Å². The molecular formula is C15H15N3O2. The molecule has 0 saturated carbocycles. The molecule has 0 aliphatic heterocycles. The van der Waals surface area contributed by atoms with Crippen LogP contribution < -0.4 is 5.56 Å². The largest absolute Gasteiger partial charge is 0.330 e. The summed E-state index contributed by atoms with van der Waals surface area (Å²) in [5.41, 5.74) is -0.0833. The van der Waals surface area contributed by atoms with Crippen LogP contribution in [0.5, 0.6) is 0 Å². The van der Waals surface area contributed by atoms with Gasteiger partial charge in [-0.1, -0.05) is 30.4 Å². The van der Waals surface area contributed by atoms with Crippen LogP contribution in [0.15, 0.2) is 54.4 Å². The first kappa shape index (κ1) is 13.7. The van der Waals surface area contributed by atoms with E-state index in [1.807, 2.05) is 0 Å². The zero-order valence-electron chi connectivity index (χ0n) is 11.0. The number of nitrogens with one attached hydrogen (secondary N) is 1. The van der Waals surface area contributed by atoms with Gasteiger partial charge in [0.05, 0.1) is 5.39 Å². The highest BCUT2D eigenvalue weighted by atomic mass is 16.2. The summed E-state index contributed by atoms with van der Waals surface area (Å²) in [6.45, 7) is 8.04. The Balaban J connectivity index is 2.54. The van der Waals surface area contributed by atoms with E-state index in [0.717, 1.165) is 0 Å². The molecule has 0 saturated heterocycles. The fraction of sp³-hybridized carbons (Fsp3) is 0.133. The summed E-state index contributed by atoms with van der Waals surface area (Å²) in [5, 5.41) is 7.24. The Morgan fingerprint density at radius 1 is 1.20 bits per heavy atom. The topological polar surface area (TPSA) is 66.1 Å². The normalized spacial score (nSPS) is 10.2. The first-order valence-corrected chi connectivity index (χ1v) is 6.17. The molecule has 0 atom stereocenters. The van der Waals surface area contributed by atoms with E-state index in [4.69, 9.17) is 0 Å². The monoisotopic (exact) mass is 269 g/mol. The van der Waals surface area contributed by atoms with Gasteiger partial charge in [-0.15, -0.1) is 13.2 Å². The first-order valence-electron chi connectivity index (χ1n) is 6.17. The van der Waals surface area contributed by atoms with E-state index >= 15 is 0 Å². The van der Waals surface area contributed by atoms with E-state index < -0.39 is 0 Å². The Kier molecular flexibility index (Phi) is 4.10. The van der Waals surface area contributed by atoms with E-state index in [1.54, 1.807) is 41.3 Å². The average molecular weight is 269 g/mol. The Hall–Kier alpha value is -2.69. The maximum absolute atomic E-state index is 12.5. The van der Waals surface area contributed by atoms with Crippen LogP contribution >= 0.6 is 0 Å². The summed E-state index contributed by atoms with van der Waals surface area (Å²) in [6.07, 6.45) is 3.27. The van der Waals surface area contributed by atoms with Crippen molar-refractivity contribution in [1.29, 1.82) is 0 Å². The van der Waals surface area contributed by atoms with Crippen molar-refractivity contribution >= 4 is 16.7 Å². The number of H-pyrrole nitrogens is 1. The SMILES string of the molecule is C=CCN(CC=C)C(=O)c1n[nH]c(=O)c2ccccc12. The van der Waals surface area contributed by atoms with E-state index in [-0.39, 0.29) is 17.2 Å². The molecule has 1 heterocycles. The van der Waals surface area contributed by atoms with Crippen molar-refractivity contribution in [2.75, 3.05) is 13.1 Å². The molecule has 0 bridgehead atoms. The molecule has 2 rings (SSSR count). The molecule has 0 fully saturated rings. The number of carbonyl (C=O) groups is 1. The second-order valence-electron chi connectivity index (χ2n) is 4.23. The molecule has 0 aliphatic carbocycles. The van der Waals surface area contributed by atoms with Crippen molar-refractivity contribution in [3.05, 3.63) is 65.6 Å². The number of amides is 1. The van der Waals surface area contributed by atoms with E-state index in [0.29, 0.717) is 23.9 Å². The van der Waals surface area contributed by atoms with Crippen LogP contribution in [0.25, 0.3) is 10.8 Å². The Morgan fingerprint density at radius 3 is 2.40 bits per heavy atom. The Morgan fingerprint density at radius 2 is 1.80 bits per heavy atom. The van der Waals surface area contributed by atoms with Gasteiger partial charge >= 0.3 is 0 Å². The number of benzene rings is 1. The Bertz CT molecular complexity index is 708. The lowest BCUT2D eigenvalue weighted by Gasteiger charge is -2.19. The summed E-state index contributed by atoms with van der Waals surface area (Å²) < 4.78 is 0. The van der Waals surface area contributed by atoms with Crippen molar-refractivity contribution in [3.8, 4) is 0 Å². The summed E-state index contributed by atoms with van der Waals surface area (Å²) in [4.78, 5) is 25.7. The molecule has 102 valence electrons. The predicted octanol–water partition coefficient (Wildman–Crippen LogP) is 1.74. The van der Waals surface area contributed by atoms with Gasteiger partial charge in [0.1, 0.15) is 0 Å². The predicted molar refractivity (Wildman–Crippen MR) is 78.7 cm³/mol. The fourth-order valence-corrected chi connectivity index (χ4v) is 1.98. The number of fused-ring (bicyclic) bond motifs is 1. The molecule has 0 aliphatic rings. The minimum absolute atomic E-state index is 0.226. The molecule has 1 amide bonds. The van der Waals surface area contributed by atoms with Gasteiger partial charge in [0.25, 0.3) is 11.5 Å². The maximum Gasteiger partial charge on any atom is 0.275 e. The third-order valence-electron chi connectivity index (χ3n) is 2.88. The highest BCUT2D eigenvalue weighted by Crippen LogP contribution is 2.14. The molecule has 5 nitrogen and oxygen atoms in total. The van der Waals surface area contributed by atoms with Crippen LogP contribution in [-0.4, -0.2) is 34.1 Å². The highest BCUT2D eigenvalue weighted by molar-refractivity contribution is 6.04. The molecule has 20 heavy (non-hydrogen) atoms. The van der Waals surface area contributed by atoms with Crippen LogP contribution in [0.1, 0.15) is 10.5 Å². The third-order valence-corrected chi connectivity index (χ3v) is 2.88. The quantitative estimate of drug-likeness (QED) is 0.841. The van der Waals surface area contributed by atoms with Crippen LogP contribution in [-0.2, 0) is 0 Å². The van der Waals surface area contributed by atoms with Gasteiger partial charge in [-0.3, -0.25) is 9.59 Å². The number of rotatable bonds is 5. The van der Waals surface area contributed by atoms with Crippen molar-refractivity contribution < 1.29 is 4.79 Å². The Labute approximate surface area is 116 Å². The lowest BCUT2D eigenvalue weighted by Crippen LogP contribution is -2.33. The van der Waals surface area contributed by atoms with E-state index in [9.17, 15) is 9.59 Å². The van der Waals surface area contributed by atoms with E-state index in [2.05, 4.69) is 23.4 Å². The molecule has 1 N–H and O–H groups in total. The zero-order valence-corrected chi connectivity index (χ0v) is 11.0. The number of aromatic nitrogens is 2.